The molecule has 1 aliphatic carbocycles. The van der Waals surface area contributed by atoms with Crippen LogP contribution in [0.4, 0.5) is 0 Å². The van der Waals surface area contributed by atoms with Crippen LogP contribution < -0.4 is 5.32 Å². The van der Waals surface area contributed by atoms with Gasteiger partial charge >= 0.3 is 0 Å². The molecule has 0 spiro atoms. The van der Waals surface area contributed by atoms with Crippen molar-refractivity contribution in [1.82, 2.24) is 5.32 Å². The van der Waals surface area contributed by atoms with Crippen LogP contribution in [-0.4, -0.2) is 32.0 Å². The van der Waals surface area contributed by atoms with Gasteiger partial charge in [0.1, 0.15) is 0 Å². The molecule has 3 nitrogen and oxygen atoms in total. The van der Waals surface area contributed by atoms with E-state index in [2.05, 4.69) is 12.2 Å². The Kier molecular flexibility index (Phi) is 5.93. The molecule has 0 aromatic heterocycles. The van der Waals surface area contributed by atoms with E-state index in [1.807, 2.05) is 6.92 Å². The second-order valence-corrected chi connectivity index (χ2v) is 7.85. The van der Waals surface area contributed by atoms with Gasteiger partial charge < -0.3 is 5.32 Å². The third-order valence-electron chi connectivity index (χ3n) is 3.85. The van der Waals surface area contributed by atoms with Crippen molar-refractivity contribution in [1.29, 1.82) is 0 Å². The molecule has 2 atom stereocenters. The molecule has 1 unspecified atom stereocenters. The van der Waals surface area contributed by atoms with Crippen LogP contribution in [0.1, 0.15) is 52.9 Å². The van der Waals surface area contributed by atoms with Gasteiger partial charge in [-0.1, -0.05) is 26.2 Å². The molecule has 0 aromatic rings. The third-order valence-corrected chi connectivity index (χ3v) is 5.74. The summed E-state index contributed by atoms with van der Waals surface area (Å²) in [5, 5.41) is 3.46. The Bertz CT molecular complexity index is 307. The zero-order valence-corrected chi connectivity index (χ0v) is 12.2. The van der Waals surface area contributed by atoms with E-state index >= 15 is 0 Å². The quantitative estimate of drug-likeness (QED) is 0.798. The average Bonchev–Trinajstić information content (AvgIpc) is 2.29. The van der Waals surface area contributed by atoms with Gasteiger partial charge in [-0.2, -0.15) is 0 Å². The lowest BCUT2D eigenvalue weighted by molar-refractivity contribution is 0.271. The Labute approximate surface area is 106 Å². The summed E-state index contributed by atoms with van der Waals surface area (Å²) in [4.78, 5) is 0. The van der Waals surface area contributed by atoms with Crippen molar-refractivity contribution < 1.29 is 8.42 Å². The van der Waals surface area contributed by atoms with Crippen molar-refractivity contribution in [2.75, 3.05) is 11.5 Å². The molecule has 1 rings (SSSR count). The summed E-state index contributed by atoms with van der Waals surface area (Å²) >= 11 is 0. The van der Waals surface area contributed by atoms with Gasteiger partial charge in [-0.25, -0.2) is 8.42 Å². The number of rotatable bonds is 6. The van der Waals surface area contributed by atoms with Crippen molar-refractivity contribution in [2.24, 2.45) is 5.92 Å². The van der Waals surface area contributed by atoms with Crippen LogP contribution in [0.5, 0.6) is 0 Å². The Morgan fingerprint density at radius 2 is 1.76 bits per heavy atom. The molecule has 0 radical (unpaired) electrons. The molecule has 0 amide bonds. The predicted molar refractivity (Wildman–Crippen MR) is 73.0 cm³/mol. The predicted octanol–water partition coefficient (Wildman–Crippen LogP) is 2.37. The van der Waals surface area contributed by atoms with E-state index in [1.165, 1.54) is 32.1 Å². The van der Waals surface area contributed by atoms with Crippen LogP contribution in [0.15, 0.2) is 0 Å². The summed E-state index contributed by atoms with van der Waals surface area (Å²) in [5.41, 5.74) is 0. The Morgan fingerprint density at radius 1 is 1.18 bits per heavy atom. The summed E-state index contributed by atoms with van der Waals surface area (Å²) in [5.74, 6) is 1.24. The minimum atomic E-state index is -2.86. The molecule has 1 saturated carbocycles. The first-order chi connectivity index (χ1) is 7.94. The molecule has 1 aliphatic rings. The number of sulfone groups is 1. The Balaban J connectivity index is 2.36. The van der Waals surface area contributed by atoms with Crippen molar-refractivity contribution in [3.05, 3.63) is 0 Å². The van der Waals surface area contributed by atoms with Gasteiger partial charge in [0.15, 0.2) is 9.84 Å². The fourth-order valence-electron chi connectivity index (χ4n) is 2.77. The molecule has 0 aliphatic heterocycles. The van der Waals surface area contributed by atoms with Crippen molar-refractivity contribution in [2.45, 2.75) is 65.0 Å². The summed E-state index contributed by atoms with van der Waals surface area (Å²) < 4.78 is 23.1. The molecule has 0 saturated heterocycles. The molecule has 4 heteroatoms. The lowest BCUT2D eigenvalue weighted by Gasteiger charge is -2.30. The highest BCUT2D eigenvalue weighted by molar-refractivity contribution is 7.91. The number of hydrogen-bond donors (Lipinski definition) is 1. The van der Waals surface area contributed by atoms with Crippen molar-refractivity contribution >= 4 is 9.84 Å². The average molecular weight is 261 g/mol. The van der Waals surface area contributed by atoms with Crippen molar-refractivity contribution in [3.8, 4) is 0 Å². The summed E-state index contributed by atoms with van der Waals surface area (Å²) in [7, 11) is -2.86. The first-order valence-electron chi connectivity index (χ1n) is 6.91. The normalized spacial score (nSPS) is 22.3. The SMILES string of the molecule is CCS(=O)(=O)CC(C)N[C@H](C)C1CCCCC1. The number of hydrogen-bond acceptors (Lipinski definition) is 3. The lowest BCUT2D eigenvalue weighted by Crippen LogP contribution is -2.43. The molecule has 17 heavy (non-hydrogen) atoms. The van der Waals surface area contributed by atoms with E-state index in [0.717, 1.165) is 5.92 Å². The summed E-state index contributed by atoms with van der Waals surface area (Å²) in [6.07, 6.45) is 6.61. The maximum Gasteiger partial charge on any atom is 0.151 e. The maximum absolute atomic E-state index is 11.5. The third kappa shape index (κ3) is 5.38. The highest BCUT2D eigenvalue weighted by Gasteiger charge is 2.22. The lowest BCUT2D eigenvalue weighted by atomic mass is 9.84. The molecule has 0 aromatic carbocycles. The van der Waals surface area contributed by atoms with Gasteiger partial charge in [-0.15, -0.1) is 0 Å². The zero-order chi connectivity index (χ0) is 12.9. The molecule has 1 N–H and O–H groups in total. The fourth-order valence-corrected chi connectivity index (χ4v) is 3.86. The molecule has 1 fully saturated rings. The minimum Gasteiger partial charge on any atom is -0.310 e. The standard InChI is InChI=1S/C13H27NO2S/c1-4-17(15,16)10-11(2)14-12(3)13-8-6-5-7-9-13/h11-14H,4-10H2,1-3H3/t11?,12-/m1/s1. The van der Waals surface area contributed by atoms with Gasteiger partial charge in [0, 0.05) is 17.8 Å². The first-order valence-corrected chi connectivity index (χ1v) is 8.73. The van der Waals surface area contributed by atoms with Crippen molar-refractivity contribution in [3.63, 3.8) is 0 Å². The van der Waals surface area contributed by atoms with E-state index in [4.69, 9.17) is 0 Å². The topological polar surface area (TPSA) is 46.2 Å². The highest BCUT2D eigenvalue weighted by Crippen LogP contribution is 2.26. The second-order valence-electron chi connectivity index (χ2n) is 5.45. The van der Waals surface area contributed by atoms with Crippen LogP contribution in [0, 0.1) is 5.92 Å². The van der Waals surface area contributed by atoms with Gasteiger partial charge in [-0.05, 0) is 32.6 Å². The summed E-state index contributed by atoms with van der Waals surface area (Å²) in [6.45, 7) is 5.89. The largest absolute Gasteiger partial charge is 0.310 e. The van der Waals surface area contributed by atoms with Gasteiger partial charge in [0.05, 0.1) is 5.75 Å². The van der Waals surface area contributed by atoms with Crippen LogP contribution in [0.2, 0.25) is 0 Å². The van der Waals surface area contributed by atoms with Crippen LogP contribution >= 0.6 is 0 Å². The molecule has 0 bridgehead atoms. The van der Waals surface area contributed by atoms with E-state index in [-0.39, 0.29) is 17.5 Å². The second kappa shape index (κ2) is 6.74. The smallest absolute Gasteiger partial charge is 0.151 e. The molecular formula is C13H27NO2S. The van der Waals surface area contributed by atoms with Gasteiger partial charge in [-0.3, -0.25) is 0 Å². The van der Waals surface area contributed by atoms with Crippen LogP contribution in [-0.2, 0) is 9.84 Å². The van der Waals surface area contributed by atoms with Gasteiger partial charge in [0.2, 0.25) is 0 Å². The molecule has 0 heterocycles. The Morgan fingerprint density at radius 3 is 2.29 bits per heavy atom. The summed E-state index contributed by atoms with van der Waals surface area (Å²) in [6, 6.07) is 0.509. The maximum atomic E-state index is 11.5. The first kappa shape index (κ1) is 15.0. The minimum absolute atomic E-state index is 0.0666. The van der Waals surface area contributed by atoms with E-state index in [9.17, 15) is 8.42 Å². The van der Waals surface area contributed by atoms with E-state index in [1.54, 1.807) is 6.92 Å². The number of nitrogens with one attached hydrogen (secondary N) is 1. The van der Waals surface area contributed by atoms with Gasteiger partial charge in [0.25, 0.3) is 0 Å². The molecule has 102 valence electrons. The monoisotopic (exact) mass is 261 g/mol. The molecular weight excluding hydrogens is 234 g/mol. The highest BCUT2D eigenvalue weighted by atomic mass is 32.2. The Hall–Kier alpha value is -0.0900. The fraction of sp³-hybridized carbons (Fsp3) is 1.00. The zero-order valence-electron chi connectivity index (χ0n) is 11.4. The van der Waals surface area contributed by atoms with E-state index < -0.39 is 9.84 Å². The van der Waals surface area contributed by atoms with E-state index in [0.29, 0.717) is 6.04 Å². The van der Waals surface area contributed by atoms with Crippen LogP contribution in [0.25, 0.3) is 0 Å². The van der Waals surface area contributed by atoms with Crippen LogP contribution in [0.3, 0.4) is 0 Å².